The highest BCUT2D eigenvalue weighted by Crippen LogP contribution is 2.06. The molecule has 0 aromatic rings. The van der Waals surface area contributed by atoms with E-state index in [2.05, 4.69) is 12.2 Å². The molecule has 0 aliphatic carbocycles. The molecule has 0 rings (SSSR count). The van der Waals surface area contributed by atoms with Gasteiger partial charge in [-0.25, -0.2) is 0 Å². The maximum atomic E-state index is 11.4. The van der Waals surface area contributed by atoms with Crippen LogP contribution in [0.15, 0.2) is 0 Å². The molecule has 0 bridgehead atoms. The van der Waals surface area contributed by atoms with Crippen LogP contribution in [-0.2, 0) is 9.59 Å². The van der Waals surface area contributed by atoms with Crippen molar-refractivity contribution < 1.29 is 9.59 Å². The van der Waals surface area contributed by atoms with Gasteiger partial charge in [-0.3, -0.25) is 9.59 Å². The zero-order valence-electron chi connectivity index (χ0n) is 10.7. The van der Waals surface area contributed by atoms with Crippen LogP contribution in [0.2, 0.25) is 0 Å². The lowest BCUT2D eigenvalue weighted by molar-refractivity contribution is -0.120. The van der Waals surface area contributed by atoms with E-state index in [9.17, 15) is 9.59 Å². The summed E-state index contributed by atoms with van der Waals surface area (Å²) in [4.78, 5) is 22.0. The summed E-state index contributed by atoms with van der Waals surface area (Å²) in [5, 5.41) is 2.69. The monoisotopic (exact) mass is 227 g/mol. The minimum Gasteiger partial charge on any atom is -0.356 e. The summed E-state index contributed by atoms with van der Waals surface area (Å²) >= 11 is 0. The summed E-state index contributed by atoms with van der Waals surface area (Å²) in [6, 6.07) is 0. The van der Waals surface area contributed by atoms with Crippen molar-refractivity contribution in [1.82, 2.24) is 5.32 Å². The summed E-state index contributed by atoms with van der Waals surface area (Å²) in [5.74, 6) is 0.314. The fourth-order valence-corrected chi connectivity index (χ4v) is 1.60. The number of rotatable bonds is 10. The second-order valence-electron chi connectivity index (χ2n) is 4.29. The second kappa shape index (κ2) is 10.7. The summed E-state index contributed by atoms with van der Waals surface area (Å²) in [7, 11) is 0. The Kier molecular flexibility index (Phi) is 10.1. The van der Waals surface area contributed by atoms with Gasteiger partial charge in [0.25, 0.3) is 0 Å². The minimum atomic E-state index is -0.0213. The third kappa shape index (κ3) is 11.2. The molecule has 0 saturated heterocycles. The predicted molar refractivity (Wildman–Crippen MR) is 66.3 cm³/mol. The van der Waals surface area contributed by atoms with Gasteiger partial charge in [-0.05, 0) is 12.8 Å². The summed E-state index contributed by atoms with van der Waals surface area (Å²) in [6.45, 7) is 4.31. The molecule has 0 aliphatic heterocycles. The Hall–Kier alpha value is -0.860. The molecule has 94 valence electrons. The van der Waals surface area contributed by atoms with E-state index in [-0.39, 0.29) is 5.91 Å². The van der Waals surface area contributed by atoms with E-state index in [0.717, 1.165) is 12.8 Å². The van der Waals surface area contributed by atoms with Crippen molar-refractivity contribution in [3.05, 3.63) is 0 Å². The quantitative estimate of drug-likeness (QED) is 0.583. The second-order valence-corrected chi connectivity index (χ2v) is 4.29. The number of amides is 1. The predicted octanol–water partition coefficient (Wildman–Crippen LogP) is 2.83. The van der Waals surface area contributed by atoms with E-state index in [1.54, 1.807) is 0 Å². The number of nitrogens with one attached hydrogen (secondary N) is 1. The SMILES string of the molecule is CCCCCCCC(=O)CCCNC(C)=O. The van der Waals surface area contributed by atoms with Gasteiger partial charge in [0.15, 0.2) is 0 Å². The first-order valence-corrected chi connectivity index (χ1v) is 6.43. The number of hydrogen-bond acceptors (Lipinski definition) is 2. The zero-order chi connectivity index (χ0) is 12.2. The third-order valence-electron chi connectivity index (χ3n) is 2.57. The van der Waals surface area contributed by atoms with Crippen LogP contribution in [0.3, 0.4) is 0 Å². The van der Waals surface area contributed by atoms with Crippen LogP contribution in [-0.4, -0.2) is 18.2 Å². The highest BCUT2D eigenvalue weighted by atomic mass is 16.1. The summed E-state index contributed by atoms with van der Waals surface area (Å²) in [6.07, 6.45) is 8.05. The molecule has 0 aromatic carbocycles. The molecule has 0 aromatic heterocycles. The number of ketones is 1. The highest BCUT2D eigenvalue weighted by Gasteiger charge is 2.01. The van der Waals surface area contributed by atoms with Gasteiger partial charge in [0.05, 0.1) is 0 Å². The molecule has 1 N–H and O–H groups in total. The molecular weight excluding hydrogens is 202 g/mol. The standard InChI is InChI=1S/C13H25NO2/c1-3-4-5-6-7-9-13(16)10-8-11-14-12(2)15/h3-11H2,1-2H3,(H,14,15). The molecule has 0 unspecified atom stereocenters. The van der Waals surface area contributed by atoms with E-state index < -0.39 is 0 Å². The average molecular weight is 227 g/mol. The van der Waals surface area contributed by atoms with Crippen LogP contribution in [0.5, 0.6) is 0 Å². The van der Waals surface area contributed by atoms with Crippen LogP contribution in [0.4, 0.5) is 0 Å². The van der Waals surface area contributed by atoms with Gasteiger partial charge in [0.1, 0.15) is 5.78 Å². The Labute approximate surface area is 99.0 Å². The molecule has 0 heterocycles. The molecule has 0 fully saturated rings. The van der Waals surface area contributed by atoms with E-state index in [1.165, 1.54) is 32.6 Å². The lowest BCUT2D eigenvalue weighted by atomic mass is 10.1. The topological polar surface area (TPSA) is 46.2 Å². The molecule has 0 radical (unpaired) electrons. The van der Waals surface area contributed by atoms with Gasteiger partial charge in [0, 0.05) is 26.3 Å². The first kappa shape index (κ1) is 15.1. The molecule has 3 nitrogen and oxygen atoms in total. The molecule has 0 saturated carbocycles. The lowest BCUT2D eigenvalue weighted by Crippen LogP contribution is -2.21. The van der Waals surface area contributed by atoms with Crippen molar-refractivity contribution >= 4 is 11.7 Å². The first-order chi connectivity index (χ1) is 7.66. The first-order valence-electron chi connectivity index (χ1n) is 6.43. The van der Waals surface area contributed by atoms with Crippen molar-refractivity contribution in [2.45, 2.75) is 65.2 Å². The van der Waals surface area contributed by atoms with Crippen molar-refractivity contribution in [1.29, 1.82) is 0 Å². The van der Waals surface area contributed by atoms with Crippen LogP contribution in [0, 0.1) is 0 Å². The molecule has 0 atom stereocenters. The van der Waals surface area contributed by atoms with Crippen molar-refractivity contribution in [2.75, 3.05) is 6.54 Å². The Morgan fingerprint density at radius 3 is 2.19 bits per heavy atom. The molecule has 16 heavy (non-hydrogen) atoms. The maximum Gasteiger partial charge on any atom is 0.216 e. The fourth-order valence-electron chi connectivity index (χ4n) is 1.60. The largest absolute Gasteiger partial charge is 0.356 e. The molecule has 0 aliphatic rings. The van der Waals surface area contributed by atoms with E-state index >= 15 is 0 Å². The fraction of sp³-hybridized carbons (Fsp3) is 0.846. The van der Waals surface area contributed by atoms with Crippen molar-refractivity contribution in [3.63, 3.8) is 0 Å². The maximum absolute atomic E-state index is 11.4. The van der Waals surface area contributed by atoms with Crippen LogP contribution in [0.1, 0.15) is 65.2 Å². The summed E-state index contributed by atoms with van der Waals surface area (Å²) < 4.78 is 0. The number of hydrogen-bond donors (Lipinski definition) is 1. The van der Waals surface area contributed by atoms with Gasteiger partial charge in [0.2, 0.25) is 5.91 Å². The Balaban J connectivity index is 3.21. The smallest absolute Gasteiger partial charge is 0.216 e. The number of carbonyl (C=O) groups excluding carboxylic acids is 2. The van der Waals surface area contributed by atoms with Crippen LogP contribution in [0.25, 0.3) is 0 Å². The molecular formula is C13H25NO2. The van der Waals surface area contributed by atoms with E-state index in [4.69, 9.17) is 0 Å². The van der Waals surface area contributed by atoms with E-state index in [1.807, 2.05) is 0 Å². The average Bonchev–Trinajstić information content (AvgIpc) is 2.24. The zero-order valence-corrected chi connectivity index (χ0v) is 10.7. The summed E-state index contributed by atoms with van der Waals surface area (Å²) in [5.41, 5.74) is 0. The lowest BCUT2D eigenvalue weighted by Gasteiger charge is -2.02. The Bertz CT molecular complexity index is 202. The molecule has 1 amide bonds. The van der Waals surface area contributed by atoms with Crippen molar-refractivity contribution in [2.24, 2.45) is 0 Å². The van der Waals surface area contributed by atoms with Crippen molar-refractivity contribution in [3.8, 4) is 0 Å². The molecule has 3 heteroatoms. The number of carbonyl (C=O) groups is 2. The minimum absolute atomic E-state index is 0.0213. The number of unbranched alkanes of at least 4 members (excludes halogenated alkanes) is 4. The van der Waals surface area contributed by atoms with E-state index in [0.29, 0.717) is 25.2 Å². The van der Waals surface area contributed by atoms with Gasteiger partial charge >= 0.3 is 0 Å². The van der Waals surface area contributed by atoms with Gasteiger partial charge in [-0.1, -0.05) is 32.6 Å². The number of Topliss-reactive ketones (excluding diaryl/α,β-unsaturated/α-hetero) is 1. The highest BCUT2D eigenvalue weighted by molar-refractivity contribution is 5.78. The normalized spacial score (nSPS) is 10.1. The molecule has 0 spiro atoms. The van der Waals surface area contributed by atoms with Crippen LogP contribution >= 0.6 is 0 Å². The van der Waals surface area contributed by atoms with Gasteiger partial charge < -0.3 is 5.32 Å². The van der Waals surface area contributed by atoms with Gasteiger partial charge in [-0.15, -0.1) is 0 Å². The third-order valence-corrected chi connectivity index (χ3v) is 2.57. The van der Waals surface area contributed by atoms with Gasteiger partial charge in [-0.2, -0.15) is 0 Å². The Morgan fingerprint density at radius 2 is 1.56 bits per heavy atom. The van der Waals surface area contributed by atoms with Crippen LogP contribution < -0.4 is 5.32 Å². The Morgan fingerprint density at radius 1 is 0.938 bits per heavy atom.